The molecule has 102 valence electrons. The van der Waals surface area contributed by atoms with Crippen molar-refractivity contribution in [3.05, 3.63) is 0 Å². The maximum absolute atomic E-state index is 5.83. The van der Waals surface area contributed by atoms with E-state index in [1.54, 1.807) is 7.11 Å². The van der Waals surface area contributed by atoms with Crippen LogP contribution in [0.4, 0.5) is 0 Å². The minimum absolute atomic E-state index is 0. The highest BCUT2D eigenvalue weighted by Gasteiger charge is 2.40. The summed E-state index contributed by atoms with van der Waals surface area (Å²) in [5.41, 5.74) is 0. The van der Waals surface area contributed by atoms with Crippen LogP contribution in [0.15, 0.2) is 0 Å². The molecule has 0 unspecified atom stereocenters. The van der Waals surface area contributed by atoms with Crippen molar-refractivity contribution in [3.63, 3.8) is 0 Å². The van der Waals surface area contributed by atoms with Gasteiger partial charge < -0.3 is 13.3 Å². The highest BCUT2D eigenvalue weighted by Crippen LogP contribution is 2.20. The van der Waals surface area contributed by atoms with Crippen LogP contribution in [0.1, 0.15) is 55.9 Å². The summed E-state index contributed by atoms with van der Waals surface area (Å²) < 4.78 is 17.2. The van der Waals surface area contributed by atoms with E-state index < -0.39 is 8.80 Å². The molecule has 0 atom stereocenters. The summed E-state index contributed by atoms with van der Waals surface area (Å²) in [6, 6.07) is 0.889. The molecule has 0 aromatic rings. The van der Waals surface area contributed by atoms with Crippen molar-refractivity contribution in [1.29, 1.82) is 0 Å². The number of rotatable bonds is 7. The fraction of sp³-hybridized carbons (Fsp3) is 1.00. The molecule has 0 rings (SSSR count). The van der Waals surface area contributed by atoms with Crippen LogP contribution in [0, 0.1) is 0 Å². The van der Waals surface area contributed by atoms with Gasteiger partial charge in [0.05, 0.1) is 0 Å². The smallest absolute Gasteiger partial charge is 0.377 e. The third-order valence-electron chi connectivity index (χ3n) is 1.70. The van der Waals surface area contributed by atoms with E-state index in [1.807, 2.05) is 27.7 Å². The van der Waals surface area contributed by atoms with Gasteiger partial charge in [-0.05, 0) is 27.7 Å². The van der Waals surface area contributed by atoms with Gasteiger partial charge in [-0.15, -0.1) is 0 Å². The maximum atomic E-state index is 5.83. The van der Waals surface area contributed by atoms with E-state index in [0.29, 0.717) is 0 Å². The van der Waals surface area contributed by atoms with Gasteiger partial charge in [0.15, 0.2) is 0 Å². The summed E-state index contributed by atoms with van der Waals surface area (Å²) in [6.45, 7) is 10.2. The first kappa shape index (κ1) is 21.4. The Hall–Kier alpha value is 0.0969. The lowest BCUT2D eigenvalue weighted by Gasteiger charge is -2.31. The van der Waals surface area contributed by atoms with Gasteiger partial charge in [-0.2, -0.15) is 0 Å². The summed E-state index contributed by atoms with van der Waals surface area (Å²) in [4.78, 5) is 0. The van der Waals surface area contributed by atoms with Crippen LogP contribution >= 0.6 is 0 Å². The zero-order valence-electron chi connectivity index (χ0n) is 10.3. The van der Waals surface area contributed by atoms with Crippen molar-refractivity contribution in [2.75, 3.05) is 7.11 Å². The Kier molecular flexibility index (Phi) is 13.7. The van der Waals surface area contributed by atoms with E-state index in [0.717, 1.165) is 12.5 Å². The van der Waals surface area contributed by atoms with E-state index in [9.17, 15) is 0 Å². The van der Waals surface area contributed by atoms with Crippen LogP contribution in [0.25, 0.3) is 0 Å². The third-order valence-corrected chi connectivity index (χ3v) is 5.09. The molecular weight excluding hydrogens is 220 g/mol. The minimum atomic E-state index is -2.40. The quantitative estimate of drug-likeness (QED) is 0.638. The number of hydrogen-bond donors (Lipinski definition) is 0. The normalized spacial score (nSPS) is 11.2. The molecule has 0 saturated carbocycles. The van der Waals surface area contributed by atoms with Crippen LogP contribution in [0.2, 0.25) is 6.04 Å². The molecule has 3 nitrogen and oxygen atoms in total. The Labute approximate surface area is 104 Å². The Morgan fingerprint density at radius 2 is 1.31 bits per heavy atom. The second-order valence-corrected chi connectivity index (χ2v) is 6.72. The minimum Gasteiger partial charge on any atom is -0.377 e. The largest absolute Gasteiger partial charge is 0.501 e. The summed E-state index contributed by atoms with van der Waals surface area (Å²) in [7, 11) is -0.708. The van der Waals surface area contributed by atoms with Gasteiger partial charge in [0.25, 0.3) is 0 Å². The highest BCUT2D eigenvalue weighted by molar-refractivity contribution is 6.60. The zero-order valence-corrected chi connectivity index (χ0v) is 11.3. The molecular formula is C12H32O3Si. The molecule has 0 spiro atoms. The first-order valence-electron chi connectivity index (χ1n) is 5.36. The lowest BCUT2D eigenvalue weighted by molar-refractivity contribution is 0.0327. The van der Waals surface area contributed by atoms with Crippen molar-refractivity contribution in [1.82, 2.24) is 0 Å². The average molecular weight is 252 g/mol. The van der Waals surface area contributed by atoms with E-state index in [4.69, 9.17) is 13.3 Å². The Morgan fingerprint density at radius 1 is 0.938 bits per heavy atom. The first-order chi connectivity index (χ1) is 6.45. The molecule has 0 fully saturated rings. The molecule has 0 amide bonds. The van der Waals surface area contributed by atoms with Crippen molar-refractivity contribution in [3.8, 4) is 0 Å². The molecule has 16 heavy (non-hydrogen) atoms. The van der Waals surface area contributed by atoms with Crippen LogP contribution in [0.3, 0.4) is 0 Å². The summed E-state index contributed by atoms with van der Waals surface area (Å²) in [5, 5.41) is 0. The van der Waals surface area contributed by atoms with Gasteiger partial charge in [0.1, 0.15) is 0 Å². The lowest BCUT2D eigenvalue weighted by atomic mass is 10.5. The van der Waals surface area contributed by atoms with Crippen LogP contribution in [-0.4, -0.2) is 28.1 Å². The Bertz CT molecular complexity index is 139. The predicted molar refractivity (Wildman–Crippen MR) is 73.8 cm³/mol. The molecule has 0 aliphatic heterocycles. The standard InChI is InChI=1S/C10H24O3Si.2CH4/c1-7-8-14(11-6,12-9(2)3)13-10(4)5;;/h9-10H,7-8H2,1-6H3;2*1H4. The molecule has 0 aliphatic rings. The first-order valence-corrected chi connectivity index (χ1v) is 7.29. The topological polar surface area (TPSA) is 27.7 Å². The molecule has 4 heteroatoms. The second kappa shape index (κ2) is 10.3. The van der Waals surface area contributed by atoms with E-state index in [1.165, 1.54) is 0 Å². The molecule has 0 radical (unpaired) electrons. The van der Waals surface area contributed by atoms with Gasteiger partial charge in [0, 0.05) is 25.4 Å². The lowest BCUT2D eigenvalue weighted by Crippen LogP contribution is -2.48. The SMILES string of the molecule is C.C.CCC[Si](OC)(OC(C)C)OC(C)C. The maximum Gasteiger partial charge on any atom is 0.501 e. The molecule has 0 bridgehead atoms. The van der Waals surface area contributed by atoms with Crippen LogP contribution in [0.5, 0.6) is 0 Å². The fourth-order valence-corrected chi connectivity index (χ4v) is 4.11. The highest BCUT2D eigenvalue weighted by atomic mass is 28.4. The monoisotopic (exact) mass is 252 g/mol. The van der Waals surface area contributed by atoms with Gasteiger partial charge in [-0.25, -0.2) is 0 Å². The summed E-state index contributed by atoms with van der Waals surface area (Å²) in [6.07, 6.45) is 1.35. The van der Waals surface area contributed by atoms with Crippen molar-refractivity contribution >= 4 is 8.80 Å². The third kappa shape index (κ3) is 8.27. The zero-order chi connectivity index (χ0) is 11.2. The Morgan fingerprint density at radius 3 is 1.50 bits per heavy atom. The second-order valence-electron chi connectivity index (χ2n) is 3.97. The van der Waals surface area contributed by atoms with Gasteiger partial charge in [-0.3, -0.25) is 0 Å². The van der Waals surface area contributed by atoms with Crippen molar-refractivity contribution < 1.29 is 13.3 Å². The van der Waals surface area contributed by atoms with Crippen LogP contribution < -0.4 is 0 Å². The van der Waals surface area contributed by atoms with Gasteiger partial charge in [-0.1, -0.05) is 28.2 Å². The average Bonchev–Trinajstić information content (AvgIpc) is 2.02. The van der Waals surface area contributed by atoms with Gasteiger partial charge in [0.2, 0.25) is 0 Å². The molecule has 0 N–H and O–H groups in total. The summed E-state index contributed by atoms with van der Waals surface area (Å²) in [5.74, 6) is 0. The van der Waals surface area contributed by atoms with E-state index >= 15 is 0 Å². The molecule has 0 saturated heterocycles. The summed E-state index contributed by atoms with van der Waals surface area (Å²) >= 11 is 0. The fourth-order valence-electron chi connectivity index (χ4n) is 1.37. The van der Waals surface area contributed by atoms with E-state index in [-0.39, 0.29) is 27.1 Å². The molecule has 0 aromatic heterocycles. The van der Waals surface area contributed by atoms with Crippen molar-refractivity contribution in [2.45, 2.75) is 74.1 Å². The predicted octanol–water partition coefficient (Wildman–Crippen LogP) is 4.10. The van der Waals surface area contributed by atoms with Gasteiger partial charge >= 0.3 is 8.80 Å². The van der Waals surface area contributed by atoms with Crippen molar-refractivity contribution in [2.24, 2.45) is 0 Å². The molecule has 0 aliphatic carbocycles. The number of hydrogen-bond acceptors (Lipinski definition) is 3. The van der Waals surface area contributed by atoms with Crippen LogP contribution in [-0.2, 0) is 13.3 Å². The Balaban J connectivity index is -0.000000845. The molecule has 0 heterocycles. The van der Waals surface area contributed by atoms with E-state index in [2.05, 4.69) is 6.92 Å². The molecule has 0 aromatic carbocycles.